The fourth-order valence-corrected chi connectivity index (χ4v) is 2.25. The number of para-hydroxylation sites is 1. The van der Waals surface area contributed by atoms with Gasteiger partial charge in [0.2, 0.25) is 0 Å². The molecule has 169 valence electrons. The number of benzene rings is 2. The molecular formula is C26H41N3OY. The molecule has 0 aliphatic heterocycles. The number of hydrogen-bond donors (Lipinski definition) is 0. The first-order valence-corrected chi connectivity index (χ1v) is 10.8. The number of amides is 1. The molecule has 1 aromatic heterocycles. The molecule has 1 heterocycles. The Morgan fingerprint density at radius 3 is 1.65 bits per heavy atom. The van der Waals surface area contributed by atoms with Crippen LogP contribution in [0.3, 0.4) is 0 Å². The zero-order valence-corrected chi connectivity index (χ0v) is 24.0. The third-order valence-corrected chi connectivity index (χ3v) is 3.58. The van der Waals surface area contributed by atoms with E-state index in [-0.39, 0.29) is 38.6 Å². The maximum atomic E-state index is 11.8. The summed E-state index contributed by atoms with van der Waals surface area (Å²) < 4.78 is 0. The van der Waals surface area contributed by atoms with Gasteiger partial charge in [0, 0.05) is 84.4 Å². The third kappa shape index (κ3) is 12.6. The van der Waals surface area contributed by atoms with Gasteiger partial charge in [-0.3, -0.25) is 9.78 Å². The fraction of sp³-hybridized carbons (Fsp3) is 0.385. The average Bonchev–Trinajstić information content (AvgIpc) is 2.83. The van der Waals surface area contributed by atoms with Gasteiger partial charge in [0.15, 0.2) is 0 Å². The van der Waals surface area contributed by atoms with Crippen molar-refractivity contribution in [3.63, 3.8) is 0 Å². The number of carbonyl (C=O) groups is 1. The monoisotopic (exact) mass is 500 g/mol. The van der Waals surface area contributed by atoms with Crippen molar-refractivity contribution in [1.29, 1.82) is 0 Å². The van der Waals surface area contributed by atoms with Crippen LogP contribution in [0.2, 0.25) is 0 Å². The van der Waals surface area contributed by atoms with Gasteiger partial charge in [0.1, 0.15) is 0 Å². The first-order valence-electron chi connectivity index (χ1n) is 10.8. The number of rotatable bonds is 2. The zero-order chi connectivity index (χ0) is 23.5. The summed E-state index contributed by atoms with van der Waals surface area (Å²) in [7, 11) is 7.55. The molecule has 0 aliphatic carbocycles. The standard InChI is InChI=1S/C12H12N2O.C8H11N.3C2H6.Y/c1-14(2)12(15)11-8-13-7-9-5-3-4-6-10(9)11;1-9(2)8-6-4-3-5-7-8;3*1-2;/h3-8H,1-2H3;3-7H,1-2H3;3*1-2H3;. The number of fused-ring (bicyclic) bond motifs is 1. The van der Waals surface area contributed by atoms with Crippen molar-refractivity contribution >= 4 is 22.4 Å². The van der Waals surface area contributed by atoms with Crippen LogP contribution in [0.4, 0.5) is 5.69 Å². The van der Waals surface area contributed by atoms with Gasteiger partial charge in [-0.2, -0.15) is 0 Å². The molecule has 0 saturated carbocycles. The van der Waals surface area contributed by atoms with Crippen molar-refractivity contribution in [1.82, 2.24) is 9.88 Å². The van der Waals surface area contributed by atoms with Crippen molar-refractivity contribution < 1.29 is 37.5 Å². The summed E-state index contributed by atoms with van der Waals surface area (Å²) in [5.74, 6) is -0.0145. The van der Waals surface area contributed by atoms with Crippen LogP contribution in [0.5, 0.6) is 0 Å². The van der Waals surface area contributed by atoms with Crippen LogP contribution in [0.15, 0.2) is 67.0 Å². The summed E-state index contributed by atoms with van der Waals surface area (Å²) >= 11 is 0. The Labute approximate surface area is 215 Å². The van der Waals surface area contributed by atoms with E-state index in [1.54, 1.807) is 31.4 Å². The molecule has 2 aromatic carbocycles. The maximum absolute atomic E-state index is 11.8. The van der Waals surface area contributed by atoms with Crippen LogP contribution in [-0.4, -0.2) is 44.0 Å². The third-order valence-electron chi connectivity index (χ3n) is 3.58. The molecule has 1 radical (unpaired) electrons. The molecular weight excluding hydrogens is 459 g/mol. The Hall–Kier alpha value is -1.78. The number of anilines is 1. The number of pyridine rings is 1. The van der Waals surface area contributed by atoms with E-state index in [4.69, 9.17) is 0 Å². The number of hydrogen-bond acceptors (Lipinski definition) is 3. The molecule has 0 fully saturated rings. The van der Waals surface area contributed by atoms with Crippen LogP contribution in [0, 0.1) is 0 Å². The van der Waals surface area contributed by atoms with Crippen molar-refractivity contribution in [2.45, 2.75) is 41.5 Å². The number of carbonyl (C=O) groups excluding carboxylic acids is 1. The molecule has 0 unspecified atom stereocenters. The van der Waals surface area contributed by atoms with E-state index in [0.717, 1.165) is 10.8 Å². The molecule has 3 rings (SSSR count). The smallest absolute Gasteiger partial charge is 0.255 e. The molecule has 0 aliphatic rings. The van der Waals surface area contributed by atoms with Crippen molar-refractivity contribution in [2.75, 3.05) is 33.1 Å². The Bertz CT molecular complexity index is 801. The molecule has 0 bridgehead atoms. The van der Waals surface area contributed by atoms with E-state index < -0.39 is 0 Å². The maximum Gasteiger partial charge on any atom is 0.255 e. The predicted octanol–water partition coefficient (Wildman–Crippen LogP) is 6.77. The fourth-order valence-electron chi connectivity index (χ4n) is 2.25. The summed E-state index contributed by atoms with van der Waals surface area (Å²) in [6, 6.07) is 18.0. The summed E-state index contributed by atoms with van der Waals surface area (Å²) in [6.07, 6.45) is 3.38. The Kier molecular flexibility index (Phi) is 23.4. The minimum absolute atomic E-state index is 0. The Balaban J connectivity index is -0.000000424. The van der Waals surface area contributed by atoms with Crippen LogP contribution >= 0.6 is 0 Å². The van der Waals surface area contributed by atoms with E-state index in [9.17, 15) is 4.79 Å². The van der Waals surface area contributed by atoms with Gasteiger partial charge in [0.05, 0.1) is 5.56 Å². The summed E-state index contributed by atoms with van der Waals surface area (Å²) in [6.45, 7) is 12.0. The molecule has 4 nitrogen and oxygen atoms in total. The van der Waals surface area contributed by atoms with E-state index >= 15 is 0 Å². The minimum Gasteiger partial charge on any atom is -0.378 e. The second kappa shape index (κ2) is 21.5. The zero-order valence-electron chi connectivity index (χ0n) is 21.2. The van der Waals surface area contributed by atoms with Crippen LogP contribution in [0.25, 0.3) is 10.8 Å². The van der Waals surface area contributed by atoms with Gasteiger partial charge in [0.25, 0.3) is 5.91 Å². The van der Waals surface area contributed by atoms with Gasteiger partial charge in [-0.25, -0.2) is 0 Å². The predicted molar refractivity (Wildman–Crippen MR) is 135 cm³/mol. The molecule has 1 amide bonds. The second-order valence-corrected chi connectivity index (χ2v) is 5.84. The Morgan fingerprint density at radius 1 is 0.710 bits per heavy atom. The summed E-state index contributed by atoms with van der Waals surface area (Å²) in [5, 5.41) is 1.94. The molecule has 0 atom stereocenters. The Morgan fingerprint density at radius 2 is 1.19 bits per heavy atom. The van der Waals surface area contributed by atoms with Gasteiger partial charge >= 0.3 is 0 Å². The van der Waals surface area contributed by atoms with Gasteiger partial charge in [-0.1, -0.05) is 84.0 Å². The second-order valence-electron chi connectivity index (χ2n) is 5.84. The number of aromatic nitrogens is 1. The number of nitrogens with zero attached hydrogens (tertiary/aromatic N) is 3. The molecule has 0 N–H and O–H groups in total. The molecule has 0 saturated heterocycles. The summed E-state index contributed by atoms with van der Waals surface area (Å²) in [4.78, 5) is 19.6. The van der Waals surface area contributed by atoms with Crippen molar-refractivity contribution in [3.8, 4) is 0 Å². The van der Waals surface area contributed by atoms with Gasteiger partial charge in [-0.05, 0) is 17.5 Å². The van der Waals surface area contributed by atoms with Crippen LogP contribution in [-0.2, 0) is 32.7 Å². The van der Waals surface area contributed by atoms with E-state index in [1.807, 2.05) is 98.1 Å². The molecule has 31 heavy (non-hydrogen) atoms. The average molecular weight is 501 g/mol. The molecule has 0 spiro atoms. The van der Waals surface area contributed by atoms with Crippen molar-refractivity contribution in [3.05, 3.63) is 72.6 Å². The SMILES string of the molecule is CC.CC.CC.CN(C)C(=O)c1cncc2ccccc12.CN(C)c1ccccc1.[Y]. The molecule has 3 aromatic rings. The minimum atomic E-state index is -0.0145. The largest absolute Gasteiger partial charge is 0.378 e. The summed E-state index contributed by atoms with van der Waals surface area (Å²) in [5.41, 5.74) is 1.90. The van der Waals surface area contributed by atoms with E-state index in [2.05, 4.69) is 22.0 Å². The quantitative estimate of drug-likeness (QED) is 0.390. The van der Waals surface area contributed by atoms with Crippen LogP contribution in [0.1, 0.15) is 51.9 Å². The first kappa shape index (κ1) is 33.9. The topological polar surface area (TPSA) is 36.4 Å². The van der Waals surface area contributed by atoms with Crippen molar-refractivity contribution in [2.24, 2.45) is 0 Å². The van der Waals surface area contributed by atoms with E-state index in [0.29, 0.717) is 5.56 Å². The normalized spacial score (nSPS) is 8.19. The molecule has 5 heteroatoms. The van der Waals surface area contributed by atoms with E-state index in [1.165, 1.54) is 5.69 Å². The van der Waals surface area contributed by atoms with Gasteiger partial charge in [-0.15, -0.1) is 0 Å². The van der Waals surface area contributed by atoms with Crippen LogP contribution < -0.4 is 4.90 Å². The first-order chi connectivity index (χ1) is 14.5. The van der Waals surface area contributed by atoms with Gasteiger partial charge < -0.3 is 9.80 Å².